The van der Waals surface area contributed by atoms with Crippen molar-refractivity contribution in [3.8, 4) is 16.9 Å². The summed E-state index contributed by atoms with van der Waals surface area (Å²) < 4.78 is 0. The zero-order valence-electron chi connectivity index (χ0n) is 10.5. The molecular weight excluding hydrogens is 266 g/mol. The van der Waals surface area contributed by atoms with Crippen molar-refractivity contribution in [1.82, 2.24) is 0 Å². The Morgan fingerprint density at radius 3 is 2.58 bits per heavy atom. The highest BCUT2D eigenvalue weighted by Gasteiger charge is 2.15. The van der Waals surface area contributed by atoms with E-state index in [0.29, 0.717) is 21.7 Å². The molecule has 0 spiro atoms. The summed E-state index contributed by atoms with van der Waals surface area (Å²) >= 11 is 6.26. The molecule has 0 aliphatic heterocycles. The second-order valence-electron chi connectivity index (χ2n) is 4.33. The number of hydrogen-bond acceptors (Lipinski definition) is 3. The molecule has 0 amide bonds. The molecule has 0 aliphatic carbocycles. The fraction of sp³-hybridized carbons (Fsp3) is 0.143. The minimum absolute atomic E-state index is 0.00559. The quantitative estimate of drug-likeness (QED) is 0.660. The van der Waals surface area contributed by atoms with Crippen LogP contribution in [-0.4, -0.2) is 10.0 Å². The SMILES string of the molecule is Cc1cc(O)c(C)c(-c2cccc([N+](=O)[O-])c2)c1Cl. The maximum atomic E-state index is 10.8. The van der Waals surface area contributed by atoms with Crippen molar-refractivity contribution >= 4 is 17.3 Å². The molecule has 0 aliphatic rings. The van der Waals surface area contributed by atoms with E-state index < -0.39 is 4.92 Å². The van der Waals surface area contributed by atoms with Gasteiger partial charge in [-0.2, -0.15) is 0 Å². The summed E-state index contributed by atoms with van der Waals surface area (Å²) in [5.41, 5.74) is 2.58. The van der Waals surface area contributed by atoms with Crippen LogP contribution in [0.2, 0.25) is 5.02 Å². The van der Waals surface area contributed by atoms with E-state index in [0.717, 1.165) is 5.56 Å². The second-order valence-corrected chi connectivity index (χ2v) is 4.71. The summed E-state index contributed by atoms with van der Waals surface area (Å²) in [6.45, 7) is 3.51. The van der Waals surface area contributed by atoms with E-state index >= 15 is 0 Å². The number of aryl methyl sites for hydroxylation is 1. The summed E-state index contributed by atoms with van der Waals surface area (Å²) in [6.07, 6.45) is 0. The van der Waals surface area contributed by atoms with Gasteiger partial charge in [0.2, 0.25) is 0 Å². The van der Waals surface area contributed by atoms with Crippen LogP contribution in [0.5, 0.6) is 5.75 Å². The van der Waals surface area contributed by atoms with E-state index in [1.165, 1.54) is 12.1 Å². The fourth-order valence-electron chi connectivity index (χ4n) is 1.98. The van der Waals surface area contributed by atoms with E-state index in [1.54, 1.807) is 32.0 Å². The molecule has 1 N–H and O–H groups in total. The lowest BCUT2D eigenvalue weighted by atomic mass is 9.97. The molecule has 2 aromatic carbocycles. The van der Waals surface area contributed by atoms with Gasteiger partial charge in [0.25, 0.3) is 5.69 Å². The van der Waals surface area contributed by atoms with Gasteiger partial charge in [0.05, 0.1) is 9.95 Å². The van der Waals surface area contributed by atoms with E-state index in [4.69, 9.17) is 11.6 Å². The molecule has 0 fully saturated rings. The lowest BCUT2D eigenvalue weighted by Gasteiger charge is -2.12. The van der Waals surface area contributed by atoms with E-state index in [2.05, 4.69) is 0 Å². The first kappa shape index (κ1) is 13.4. The van der Waals surface area contributed by atoms with Crippen molar-refractivity contribution in [1.29, 1.82) is 0 Å². The van der Waals surface area contributed by atoms with Crippen LogP contribution in [0.3, 0.4) is 0 Å². The molecule has 0 unspecified atom stereocenters. The average molecular weight is 278 g/mol. The lowest BCUT2D eigenvalue weighted by Crippen LogP contribution is -1.92. The van der Waals surface area contributed by atoms with Crippen LogP contribution >= 0.6 is 11.6 Å². The number of hydrogen-bond donors (Lipinski definition) is 1. The van der Waals surface area contributed by atoms with Crippen molar-refractivity contribution in [2.75, 3.05) is 0 Å². The third-order valence-corrected chi connectivity index (χ3v) is 3.51. The highest BCUT2D eigenvalue weighted by atomic mass is 35.5. The van der Waals surface area contributed by atoms with Crippen molar-refractivity contribution in [2.45, 2.75) is 13.8 Å². The molecule has 0 bridgehead atoms. The first-order chi connectivity index (χ1) is 8.91. The highest BCUT2D eigenvalue weighted by Crippen LogP contribution is 2.39. The molecule has 0 atom stereocenters. The van der Waals surface area contributed by atoms with E-state index in [1.807, 2.05) is 0 Å². The number of nitro benzene ring substituents is 1. The second kappa shape index (κ2) is 4.90. The number of benzene rings is 2. The Morgan fingerprint density at radius 2 is 1.95 bits per heavy atom. The van der Waals surface area contributed by atoms with Gasteiger partial charge in [-0.15, -0.1) is 0 Å². The molecule has 2 rings (SSSR count). The van der Waals surface area contributed by atoms with Crippen LogP contribution < -0.4 is 0 Å². The summed E-state index contributed by atoms with van der Waals surface area (Å²) in [5.74, 6) is 0.128. The highest BCUT2D eigenvalue weighted by molar-refractivity contribution is 6.34. The van der Waals surface area contributed by atoms with Crippen LogP contribution in [-0.2, 0) is 0 Å². The van der Waals surface area contributed by atoms with Crippen LogP contribution in [0.25, 0.3) is 11.1 Å². The monoisotopic (exact) mass is 277 g/mol. The number of halogens is 1. The first-order valence-corrected chi connectivity index (χ1v) is 6.03. The van der Waals surface area contributed by atoms with Gasteiger partial charge in [-0.25, -0.2) is 0 Å². The molecule has 5 heteroatoms. The predicted octanol–water partition coefficient (Wildman–Crippen LogP) is 4.24. The Bertz CT molecular complexity index is 642. The van der Waals surface area contributed by atoms with Gasteiger partial charge < -0.3 is 5.11 Å². The molecule has 0 heterocycles. The van der Waals surface area contributed by atoms with Crippen LogP contribution in [0.1, 0.15) is 11.1 Å². The zero-order chi connectivity index (χ0) is 14.2. The molecule has 19 heavy (non-hydrogen) atoms. The molecule has 0 aromatic heterocycles. The van der Waals surface area contributed by atoms with Crippen LogP contribution in [0, 0.1) is 24.0 Å². The normalized spacial score (nSPS) is 10.5. The summed E-state index contributed by atoms with van der Waals surface area (Å²) in [5, 5.41) is 21.2. The molecule has 0 saturated carbocycles. The molecule has 2 aromatic rings. The van der Waals surface area contributed by atoms with Gasteiger partial charge in [-0.1, -0.05) is 23.7 Å². The number of non-ortho nitro benzene ring substituents is 1. The number of nitrogens with zero attached hydrogens (tertiary/aromatic N) is 1. The fourth-order valence-corrected chi connectivity index (χ4v) is 2.29. The molecular formula is C14H12ClNO3. The minimum Gasteiger partial charge on any atom is -0.508 e. The Labute approximate surface area is 115 Å². The van der Waals surface area contributed by atoms with Crippen LogP contribution in [0.15, 0.2) is 30.3 Å². The van der Waals surface area contributed by atoms with E-state index in [-0.39, 0.29) is 11.4 Å². The maximum Gasteiger partial charge on any atom is 0.270 e. The number of phenols is 1. The van der Waals surface area contributed by atoms with Crippen molar-refractivity contribution in [2.24, 2.45) is 0 Å². The molecule has 0 saturated heterocycles. The van der Waals surface area contributed by atoms with Gasteiger partial charge >= 0.3 is 0 Å². The average Bonchev–Trinajstić information content (AvgIpc) is 2.37. The van der Waals surface area contributed by atoms with Gasteiger partial charge in [-0.3, -0.25) is 10.1 Å². The van der Waals surface area contributed by atoms with Crippen molar-refractivity contribution < 1.29 is 10.0 Å². The van der Waals surface area contributed by atoms with Gasteiger partial charge in [-0.05, 0) is 31.0 Å². The molecule has 0 radical (unpaired) electrons. The Hall–Kier alpha value is -2.07. The van der Waals surface area contributed by atoms with Gasteiger partial charge in [0, 0.05) is 23.3 Å². The lowest BCUT2D eigenvalue weighted by molar-refractivity contribution is -0.384. The molecule has 98 valence electrons. The number of rotatable bonds is 2. The topological polar surface area (TPSA) is 63.4 Å². The summed E-state index contributed by atoms with van der Waals surface area (Å²) in [7, 11) is 0. The smallest absolute Gasteiger partial charge is 0.270 e. The summed E-state index contributed by atoms with van der Waals surface area (Å²) in [4.78, 5) is 10.4. The third kappa shape index (κ3) is 2.39. The third-order valence-electron chi connectivity index (χ3n) is 3.02. The van der Waals surface area contributed by atoms with Crippen LogP contribution in [0.4, 0.5) is 5.69 Å². The van der Waals surface area contributed by atoms with Gasteiger partial charge in [0.1, 0.15) is 5.75 Å². The predicted molar refractivity (Wildman–Crippen MR) is 74.7 cm³/mol. The number of aromatic hydroxyl groups is 1. The Kier molecular flexibility index (Phi) is 3.44. The zero-order valence-corrected chi connectivity index (χ0v) is 11.2. The number of phenolic OH excluding ortho intramolecular Hbond substituents is 1. The van der Waals surface area contributed by atoms with Crippen molar-refractivity contribution in [3.63, 3.8) is 0 Å². The van der Waals surface area contributed by atoms with E-state index in [9.17, 15) is 15.2 Å². The molecule has 4 nitrogen and oxygen atoms in total. The Balaban J connectivity index is 2.72. The minimum atomic E-state index is -0.456. The van der Waals surface area contributed by atoms with Gasteiger partial charge in [0.15, 0.2) is 0 Å². The largest absolute Gasteiger partial charge is 0.508 e. The maximum absolute atomic E-state index is 10.8. The van der Waals surface area contributed by atoms with Crippen molar-refractivity contribution in [3.05, 3.63) is 56.6 Å². The summed E-state index contributed by atoms with van der Waals surface area (Å²) in [6, 6.07) is 7.79. The number of nitro groups is 1. The Morgan fingerprint density at radius 1 is 1.26 bits per heavy atom. The first-order valence-electron chi connectivity index (χ1n) is 5.65. The standard InChI is InChI=1S/C14H12ClNO3/c1-8-6-12(17)9(2)13(14(8)15)10-4-3-5-11(7-10)16(18)19/h3-7,17H,1-2H3.